The molecule has 0 aliphatic carbocycles. The summed E-state index contributed by atoms with van der Waals surface area (Å²) < 4.78 is 19.8. The summed E-state index contributed by atoms with van der Waals surface area (Å²) in [5.74, 6) is -1.92. The Balaban J connectivity index is 1.84. The van der Waals surface area contributed by atoms with Crippen LogP contribution in [0.15, 0.2) is 107 Å². The number of ether oxygens (including phenoxy) is 3. The lowest BCUT2D eigenvalue weighted by Gasteiger charge is -2.51. The normalized spacial score (nSPS) is 22.1. The molecule has 1 unspecified atom stereocenters. The van der Waals surface area contributed by atoms with Crippen LogP contribution in [-0.4, -0.2) is 60.1 Å². The number of methoxy groups -OCH3 is 2. The van der Waals surface area contributed by atoms with Crippen molar-refractivity contribution < 1.29 is 29.1 Å². The third-order valence-electron chi connectivity index (χ3n) is 7.93. The van der Waals surface area contributed by atoms with Gasteiger partial charge in [0, 0.05) is 26.0 Å². The summed E-state index contributed by atoms with van der Waals surface area (Å²) in [6, 6.07) is 28.8. The SMILES string of the molecule is COOC(OC)([C@H]1O[C@@H](n2cc(C)c(=O)[nH]c2=O)[C@H](OC)[C@@H]1O)C(c1ccccc1)(c1ccccc1)c1ccccc1. The largest absolute Gasteiger partial charge is 0.387 e. The van der Waals surface area contributed by atoms with Crippen molar-refractivity contribution in [1.82, 2.24) is 9.55 Å². The summed E-state index contributed by atoms with van der Waals surface area (Å²) in [5, 5.41) is 11.9. The lowest BCUT2D eigenvalue weighted by atomic mass is 9.61. The Kier molecular flexibility index (Phi) is 8.55. The molecule has 2 heterocycles. The van der Waals surface area contributed by atoms with Gasteiger partial charge in [0.25, 0.3) is 5.56 Å². The highest BCUT2D eigenvalue weighted by molar-refractivity contribution is 5.54. The third kappa shape index (κ3) is 4.62. The summed E-state index contributed by atoms with van der Waals surface area (Å²) in [6.07, 6.45) is -3.56. The van der Waals surface area contributed by atoms with Crippen molar-refractivity contribution >= 4 is 0 Å². The van der Waals surface area contributed by atoms with Gasteiger partial charge in [-0.05, 0) is 23.6 Å². The standard InChI is InChI=1S/C32H34N2O8/c1-21-20-34(30(37)33-28(21)36)29-26(38-2)25(35)27(41-29)32(39-3,42-40-4)31(22-14-8-5-9-15-22,23-16-10-6-11-17-23)24-18-12-7-13-19-24/h5-20,25-27,29,35H,1-4H3,(H,33,36,37)/t25-,26+,27-,29+,32?/m0/s1. The number of H-pyrrole nitrogens is 1. The van der Waals surface area contributed by atoms with Crippen LogP contribution in [0.3, 0.4) is 0 Å². The number of aryl methyl sites for hydroxylation is 1. The molecule has 4 aromatic rings. The van der Waals surface area contributed by atoms with E-state index < -0.39 is 47.0 Å². The topological polar surface area (TPSA) is 121 Å². The average molecular weight is 575 g/mol. The monoisotopic (exact) mass is 574 g/mol. The van der Waals surface area contributed by atoms with Gasteiger partial charge in [0.05, 0.1) is 7.11 Å². The molecule has 0 saturated carbocycles. The first-order valence-electron chi connectivity index (χ1n) is 13.5. The van der Waals surface area contributed by atoms with Crippen LogP contribution in [0.2, 0.25) is 0 Å². The Hall–Kier alpha value is -3.90. The highest BCUT2D eigenvalue weighted by Crippen LogP contribution is 2.54. The fraction of sp³-hybridized carbons (Fsp3) is 0.312. The van der Waals surface area contributed by atoms with E-state index in [1.54, 1.807) is 6.92 Å². The third-order valence-corrected chi connectivity index (χ3v) is 7.93. The Morgan fingerprint density at radius 1 is 0.833 bits per heavy atom. The van der Waals surface area contributed by atoms with E-state index in [0.29, 0.717) is 0 Å². The van der Waals surface area contributed by atoms with Crippen LogP contribution in [0.4, 0.5) is 0 Å². The number of benzene rings is 3. The zero-order valence-corrected chi connectivity index (χ0v) is 23.8. The van der Waals surface area contributed by atoms with Gasteiger partial charge in [0.1, 0.15) is 23.7 Å². The molecule has 0 radical (unpaired) electrons. The molecule has 0 bridgehead atoms. The van der Waals surface area contributed by atoms with Gasteiger partial charge in [0.15, 0.2) is 6.23 Å². The molecule has 1 aromatic heterocycles. The first-order chi connectivity index (χ1) is 20.3. The zero-order chi connectivity index (χ0) is 29.9. The van der Waals surface area contributed by atoms with Gasteiger partial charge in [0.2, 0.25) is 5.79 Å². The van der Waals surface area contributed by atoms with Gasteiger partial charge >= 0.3 is 5.69 Å². The molecule has 5 rings (SSSR count). The minimum atomic E-state index is -1.92. The molecule has 1 fully saturated rings. The van der Waals surface area contributed by atoms with Gasteiger partial charge < -0.3 is 19.3 Å². The second kappa shape index (κ2) is 12.1. The van der Waals surface area contributed by atoms with Crippen molar-refractivity contribution in [2.24, 2.45) is 0 Å². The smallest absolute Gasteiger partial charge is 0.330 e. The van der Waals surface area contributed by atoms with Gasteiger partial charge in [-0.3, -0.25) is 14.3 Å². The van der Waals surface area contributed by atoms with Crippen LogP contribution in [0.1, 0.15) is 28.5 Å². The minimum Gasteiger partial charge on any atom is -0.387 e. The van der Waals surface area contributed by atoms with Crippen LogP contribution in [0.25, 0.3) is 0 Å². The van der Waals surface area contributed by atoms with Crippen molar-refractivity contribution in [2.45, 2.75) is 42.7 Å². The molecular formula is C32H34N2O8. The summed E-state index contributed by atoms with van der Waals surface area (Å²) in [4.78, 5) is 39.0. The molecule has 10 heteroatoms. The Morgan fingerprint density at radius 2 is 1.33 bits per heavy atom. The molecule has 10 nitrogen and oxygen atoms in total. The molecular weight excluding hydrogens is 540 g/mol. The molecule has 1 aliphatic rings. The van der Waals surface area contributed by atoms with E-state index in [-0.39, 0.29) is 5.56 Å². The predicted molar refractivity (Wildman–Crippen MR) is 154 cm³/mol. The maximum Gasteiger partial charge on any atom is 0.330 e. The molecule has 0 amide bonds. The van der Waals surface area contributed by atoms with Crippen LogP contribution in [0.5, 0.6) is 0 Å². The number of hydrogen-bond acceptors (Lipinski definition) is 8. The van der Waals surface area contributed by atoms with E-state index in [9.17, 15) is 14.7 Å². The van der Waals surface area contributed by atoms with E-state index in [2.05, 4.69) is 4.98 Å². The lowest BCUT2D eigenvalue weighted by molar-refractivity contribution is -0.452. The number of nitrogens with one attached hydrogen (secondary N) is 1. The van der Waals surface area contributed by atoms with Gasteiger partial charge in [-0.25, -0.2) is 9.68 Å². The van der Waals surface area contributed by atoms with Crippen molar-refractivity contribution in [1.29, 1.82) is 0 Å². The molecule has 3 aromatic carbocycles. The minimum absolute atomic E-state index is 0.282. The van der Waals surface area contributed by atoms with Crippen LogP contribution < -0.4 is 11.2 Å². The first kappa shape index (κ1) is 29.6. The number of nitrogens with zero attached hydrogens (tertiary/aromatic N) is 1. The zero-order valence-electron chi connectivity index (χ0n) is 23.8. The van der Waals surface area contributed by atoms with Crippen molar-refractivity contribution in [3.05, 3.63) is 140 Å². The van der Waals surface area contributed by atoms with Gasteiger partial charge in [-0.1, -0.05) is 91.0 Å². The molecule has 1 saturated heterocycles. The second-order valence-corrected chi connectivity index (χ2v) is 10.1. The molecule has 2 N–H and O–H groups in total. The van der Waals surface area contributed by atoms with Gasteiger partial charge in [-0.15, -0.1) is 0 Å². The van der Waals surface area contributed by atoms with Gasteiger partial charge in [-0.2, -0.15) is 4.89 Å². The average Bonchev–Trinajstić information content (AvgIpc) is 3.36. The van der Waals surface area contributed by atoms with Crippen molar-refractivity contribution in [3.63, 3.8) is 0 Å². The quantitative estimate of drug-likeness (QED) is 0.128. The summed E-state index contributed by atoms with van der Waals surface area (Å²) >= 11 is 0. The first-order valence-corrected chi connectivity index (χ1v) is 13.5. The van der Waals surface area contributed by atoms with Crippen LogP contribution in [0, 0.1) is 6.92 Å². The number of rotatable bonds is 10. The summed E-state index contributed by atoms with van der Waals surface area (Å²) in [7, 11) is 4.20. The molecule has 5 atom stereocenters. The second-order valence-electron chi connectivity index (χ2n) is 10.1. The molecule has 220 valence electrons. The van der Waals surface area contributed by atoms with E-state index in [1.165, 1.54) is 32.1 Å². The predicted octanol–water partition coefficient (Wildman–Crippen LogP) is 3.07. The molecule has 1 aliphatic heterocycles. The fourth-order valence-corrected chi connectivity index (χ4v) is 6.14. The Morgan fingerprint density at radius 3 is 1.76 bits per heavy atom. The maximum atomic E-state index is 13.0. The van der Waals surface area contributed by atoms with Crippen molar-refractivity contribution in [2.75, 3.05) is 21.3 Å². The van der Waals surface area contributed by atoms with E-state index >= 15 is 0 Å². The Bertz CT molecular complexity index is 1500. The van der Waals surface area contributed by atoms with Crippen LogP contribution in [-0.2, 0) is 29.4 Å². The van der Waals surface area contributed by atoms with E-state index in [0.717, 1.165) is 16.7 Å². The lowest BCUT2D eigenvalue weighted by Crippen LogP contribution is -2.65. The van der Waals surface area contributed by atoms with Crippen molar-refractivity contribution in [3.8, 4) is 0 Å². The fourth-order valence-electron chi connectivity index (χ4n) is 6.14. The van der Waals surface area contributed by atoms with Crippen LogP contribution >= 0.6 is 0 Å². The maximum absolute atomic E-state index is 13.0. The number of aliphatic hydroxyl groups excluding tert-OH is 1. The van der Waals surface area contributed by atoms with E-state index in [4.69, 9.17) is 24.0 Å². The summed E-state index contributed by atoms with van der Waals surface area (Å²) in [5.41, 5.74) is -0.00659. The Labute approximate surface area is 243 Å². The highest BCUT2D eigenvalue weighted by Gasteiger charge is 2.68. The number of aromatic amines is 1. The number of hydrogen-bond donors (Lipinski definition) is 2. The molecule has 0 spiro atoms. The highest BCUT2D eigenvalue weighted by atomic mass is 17.2. The number of aliphatic hydroxyl groups is 1. The number of aromatic nitrogens is 2. The van der Waals surface area contributed by atoms with E-state index in [1.807, 2.05) is 91.0 Å². The molecule has 42 heavy (non-hydrogen) atoms. The summed E-state index contributed by atoms with van der Waals surface area (Å²) in [6.45, 7) is 1.57.